The van der Waals surface area contributed by atoms with Crippen LogP contribution in [0.4, 0.5) is 5.69 Å². The van der Waals surface area contributed by atoms with Gasteiger partial charge in [0.25, 0.3) is 5.91 Å². The topological polar surface area (TPSA) is 70.0 Å². The Kier molecular flexibility index (Phi) is 6.31. The molecule has 166 valence electrons. The van der Waals surface area contributed by atoms with Gasteiger partial charge >= 0.3 is 0 Å². The molecule has 0 aliphatic heterocycles. The van der Waals surface area contributed by atoms with E-state index in [9.17, 15) is 15.0 Å². The molecule has 0 fully saturated rings. The Labute approximate surface area is 193 Å². The Hall–Kier alpha value is -4.25. The molecule has 0 unspecified atom stereocenters. The van der Waals surface area contributed by atoms with Crippen LogP contribution >= 0.6 is 0 Å². The third-order valence-electron chi connectivity index (χ3n) is 5.34. The van der Waals surface area contributed by atoms with Gasteiger partial charge in [0.2, 0.25) is 0 Å². The average molecular weight is 440 g/mol. The van der Waals surface area contributed by atoms with Gasteiger partial charge in [-0.2, -0.15) is 0 Å². The van der Waals surface area contributed by atoms with Gasteiger partial charge in [0.1, 0.15) is 11.5 Å². The minimum Gasteiger partial charge on any atom is -0.508 e. The van der Waals surface area contributed by atoms with Crippen molar-refractivity contribution in [3.8, 4) is 23.0 Å². The molecule has 0 aliphatic carbocycles. The number of aryl methyl sites for hydroxylation is 2. The van der Waals surface area contributed by atoms with Crippen LogP contribution in [-0.4, -0.2) is 16.1 Å². The minimum atomic E-state index is -0.273. The predicted octanol–water partition coefficient (Wildman–Crippen LogP) is 6.35. The molecule has 0 heterocycles. The quantitative estimate of drug-likeness (QED) is 0.367. The third kappa shape index (κ3) is 5.15. The highest BCUT2D eigenvalue weighted by Crippen LogP contribution is 2.38. The number of phenolic OH excluding ortho intramolecular Hbond substituents is 2. The van der Waals surface area contributed by atoms with E-state index in [2.05, 4.69) is 0 Å². The summed E-state index contributed by atoms with van der Waals surface area (Å²) in [6.07, 6.45) is 0. The van der Waals surface area contributed by atoms with Gasteiger partial charge in [-0.15, -0.1) is 0 Å². The fourth-order valence-electron chi connectivity index (χ4n) is 3.60. The van der Waals surface area contributed by atoms with E-state index in [1.807, 2.05) is 68.4 Å². The number of aromatic hydroxyl groups is 2. The predicted molar refractivity (Wildman–Crippen MR) is 129 cm³/mol. The van der Waals surface area contributed by atoms with Gasteiger partial charge in [0.05, 0.1) is 12.2 Å². The maximum absolute atomic E-state index is 13.6. The molecule has 0 bridgehead atoms. The van der Waals surface area contributed by atoms with Crippen molar-refractivity contribution < 1.29 is 19.7 Å². The molecule has 5 heteroatoms. The molecule has 0 spiro atoms. The van der Waals surface area contributed by atoms with Gasteiger partial charge in [-0.05, 0) is 61.4 Å². The zero-order valence-electron chi connectivity index (χ0n) is 18.5. The maximum atomic E-state index is 13.6. The summed E-state index contributed by atoms with van der Waals surface area (Å²) in [4.78, 5) is 15.2. The lowest BCUT2D eigenvalue weighted by molar-refractivity contribution is 0.0984. The van der Waals surface area contributed by atoms with Crippen molar-refractivity contribution in [1.82, 2.24) is 0 Å². The zero-order valence-corrected chi connectivity index (χ0v) is 18.5. The number of benzene rings is 4. The lowest BCUT2D eigenvalue weighted by atomic mass is 10.1. The first-order chi connectivity index (χ1) is 15.9. The van der Waals surface area contributed by atoms with E-state index >= 15 is 0 Å². The SMILES string of the molecule is Cc1ccc(Oc2cc(N(Cc3ccccc3)C(=O)c3cccc(O)c3)c(C)cc2O)cc1. The smallest absolute Gasteiger partial charge is 0.258 e. The van der Waals surface area contributed by atoms with E-state index in [4.69, 9.17) is 4.74 Å². The Morgan fingerprint density at radius 2 is 1.58 bits per heavy atom. The summed E-state index contributed by atoms with van der Waals surface area (Å²) in [5.74, 6) is 0.568. The molecule has 0 saturated carbocycles. The van der Waals surface area contributed by atoms with Crippen LogP contribution in [0.2, 0.25) is 0 Å². The van der Waals surface area contributed by atoms with Crippen LogP contribution in [0.1, 0.15) is 27.0 Å². The molecule has 4 aromatic carbocycles. The van der Waals surface area contributed by atoms with E-state index in [1.54, 1.807) is 29.2 Å². The monoisotopic (exact) mass is 439 g/mol. The normalized spacial score (nSPS) is 10.6. The summed E-state index contributed by atoms with van der Waals surface area (Å²) in [5, 5.41) is 20.4. The van der Waals surface area contributed by atoms with Crippen molar-refractivity contribution in [3.63, 3.8) is 0 Å². The van der Waals surface area contributed by atoms with Gasteiger partial charge in [-0.25, -0.2) is 0 Å². The second kappa shape index (κ2) is 9.49. The number of carbonyl (C=O) groups is 1. The minimum absolute atomic E-state index is 0.0127. The zero-order chi connectivity index (χ0) is 23.4. The summed E-state index contributed by atoms with van der Waals surface area (Å²) < 4.78 is 5.94. The highest BCUT2D eigenvalue weighted by atomic mass is 16.5. The molecule has 4 rings (SSSR count). The van der Waals surface area contributed by atoms with Crippen LogP contribution in [0.15, 0.2) is 91.0 Å². The first-order valence-corrected chi connectivity index (χ1v) is 10.6. The fourth-order valence-corrected chi connectivity index (χ4v) is 3.60. The van der Waals surface area contributed by atoms with Crippen molar-refractivity contribution in [2.24, 2.45) is 0 Å². The lowest BCUT2D eigenvalue weighted by Crippen LogP contribution is -2.31. The Balaban J connectivity index is 1.76. The number of hydrogen-bond donors (Lipinski definition) is 2. The molecule has 4 aromatic rings. The third-order valence-corrected chi connectivity index (χ3v) is 5.34. The molecule has 5 nitrogen and oxygen atoms in total. The van der Waals surface area contributed by atoms with Crippen LogP contribution in [0.25, 0.3) is 0 Å². The number of anilines is 1. The van der Waals surface area contributed by atoms with Gasteiger partial charge in [0, 0.05) is 11.6 Å². The summed E-state index contributed by atoms with van der Waals surface area (Å²) in [5.41, 5.74) is 3.72. The van der Waals surface area contributed by atoms with E-state index in [0.29, 0.717) is 29.1 Å². The van der Waals surface area contributed by atoms with Crippen molar-refractivity contribution in [2.45, 2.75) is 20.4 Å². The number of rotatable bonds is 6. The molecular formula is C28H25NO4. The Morgan fingerprint density at radius 1 is 0.848 bits per heavy atom. The van der Waals surface area contributed by atoms with Gasteiger partial charge in [0.15, 0.2) is 11.5 Å². The van der Waals surface area contributed by atoms with Crippen LogP contribution < -0.4 is 9.64 Å². The van der Waals surface area contributed by atoms with Crippen molar-refractivity contribution in [2.75, 3.05) is 4.90 Å². The van der Waals surface area contributed by atoms with Gasteiger partial charge in [-0.3, -0.25) is 4.79 Å². The largest absolute Gasteiger partial charge is 0.508 e. The number of hydrogen-bond acceptors (Lipinski definition) is 4. The summed E-state index contributed by atoms with van der Waals surface area (Å²) in [7, 11) is 0. The number of nitrogens with zero attached hydrogens (tertiary/aromatic N) is 1. The highest BCUT2D eigenvalue weighted by Gasteiger charge is 2.22. The Morgan fingerprint density at radius 3 is 2.27 bits per heavy atom. The molecular weight excluding hydrogens is 414 g/mol. The van der Waals surface area contributed by atoms with E-state index in [0.717, 1.165) is 11.1 Å². The number of ether oxygens (including phenoxy) is 1. The number of amides is 1. The molecule has 0 saturated heterocycles. The average Bonchev–Trinajstić information content (AvgIpc) is 2.81. The molecule has 0 atom stereocenters. The molecule has 33 heavy (non-hydrogen) atoms. The van der Waals surface area contributed by atoms with Crippen molar-refractivity contribution in [3.05, 3.63) is 113 Å². The summed E-state index contributed by atoms with van der Waals surface area (Å²) >= 11 is 0. The van der Waals surface area contributed by atoms with Crippen molar-refractivity contribution >= 4 is 11.6 Å². The van der Waals surface area contributed by atoms with Gasteiger partial charge in [-0.1, -0.05) is 54.1 Å². The van der Waals surface area contributed by atoms with Crippen LogP contribution in [0, 0.1) is 13.8 Å². The van der Waals surface area contributed by atoms with Crippen LogP contribution in [0.3, 0.4) is 0 Å². The first kappa shape index (κ1) is 22.0. The molecule has 0 aromatic heterocycles. The molecule has 1 amide bonds. The number of carbonyl (C=O) groups excluding carboxylic acids is 1. The second-order valence-corrected chi connectivity index (χ2v) is 7.95. The van der Waals surface area contributed by atoms with Crippen LogP contribution in [-0.2, 0) is 6.54 Å². The summed E-state index contributed by atoms with van der Waals surface area (Å²) in [6.45, 7) is 4.13. The van der Waals surface area contributed by atoms with E-state index in [-0.39, 0.29) is 23.2 Å². The summed E-state index contributed by atoms with van der Waals surface area (Å²) in [6, 6.07) is 26.7. The number of phenols is 2. The molecule has 0 radical (unpaired) electrons. The second-order valence-electron chi connectivity index (χ2n) is 7.95. The lowest BCUT2D eigenvalue weighted by Gasteiger charge is -2.26. The van der Waals surface area contributed by atoms with E-state index in [1.165, 1.54) is 12.1 Å². The fraction of sp³-hybridized carbons (Fsp3) is 0.107. The molecule has 2 N–H and O–H groups in total. The molecule has 0 aliphatic rings. The van der Waals surface area contributed by atoms with Crippen molar-refractivity contribution in [1.29, 1.82) is 0 Å². The van der Waals surface area contributed by atoms with E-state index < -0.39 is 0 Å². The maximum Gasteiger partial charge on any atom is 0.258 e. The van der Waals surface area contributed by atoms with Gasteiger partial charge < -0.3 is 19.8 Å². The standard InChI is InChI=1S/C28H25NO4/c1-19-11-13-24(14-12-19)33-27-17-25(20(2)15-26(27)31)29(18-21-7-4-3-5-8-21)28(32)22-9-6-10-23(30)16-22/h3-17,30-31H,18H2,1-2H3. The highest BCUT2D eigenvalue weighted by molar-refractivity contribution is 6.06. The van der Waals surface area contributed by atoms with Crippen LogP contribution in [0.5, 0.6) is 23.0 Å². The first-order valence-electron chi connectivity index (χ1n) is 10.6. The Bertz CT molecular complexity index is 1270.